The van der Waals surface area contributed by atoms with Gasteiger partial charge in [-0.15, -0.1) is 0 Å². The van der Waals surface area contributed by atoms with Crippen LogP contribution < -0.4 is 0 Å². The van der Waals surface area contributed by atoms with Gasteiger partial charge in [0, 0.05) is 11.1 Å². The van der Waals surface area contributed by atoms with Crippen LogP contribution in [0.2, 0.25) is 0 Å². The maximum atomic E-state index is 11.5. The van der Waals surface area contributed by atoms with E-state index in [-0.39, 0.29) is 5.78 Å². The standard InChI is InChI=1S/C16H14N2OS/c1-9-4-5-12(10(2)19)8-13(9)14-6-7-15-16(18-14)20-11(3)17-15/h4-8H,1-3H3. The molecule has 4 heteroatoms. The van der Waals surface area contributed by atoms with Crippen LogP contribution in [0.25, 0.3) is 21.6 Å². The topological polar surface area (TPSA) is 42.9 Å². The maximum absolute atomic E-state index is 11.5. The normalized spacial score (nSPS) is 10.9. The van der Waals surface area contributed by atoms with Gasteiger partial charge in [-0.2, -0.15) is 0 Å². The molecule has 20 heavy (non-hydrogen) atoms. The molecule has 2 heterocycles. The van der Waals surface area contributed by atoms with Crippen molar-refractivity contribution in [1.82, 2.24) is 9.97 Å². The number of aromatic nitrogens is 2. The minimum Gasteiger partial charge on any atom is -0.295 e. The third kappa shape index (κ3) is 2.23. The Morgan fingerprint density at radius 1 is 1.10 bits per heavy atom. The number of thiazole rings is 1. The molecule has 0 aliphatic rings. The Hall–Kier alpha value is -2.07. The van der Waals surface area contributed by atoms with Gasteiger partial charge in [0.15, 0.2) is 5.78 Å². The Balaban J connectivity index is 2.18. The lowest BCUT2D eigenvalue weighted by atomic mass is 10.0. The van der Waals surface area contributed by atoms with Crippen molar-refractivity contribution in [2.75, 3.05) is 0 Å². The lowest BCUT2D eigenvalue weighted by Gasteiger charge is -2.07. The van der Waals surface area contributed by atoms with E-state index in [1.165, 1.54) is 0 Å². The van der Waals surface area contributed by atoms with Crippen LogP contribution in [0.5, 0.6) is 0 Å². The Kier molecular flexibility index (Phi) is 3.10. The maximum Gasteiger partial charge on any atom is 0.159 e. The highest BCUT2D eigenvalue weighted by atomic mass is 32.1. The van der Waals surface area contributed by atoms with Gasteiger partial charge in [0.2, 0.25) is 0 Å². The Labute approximate surface area is 121 Å². The van der Waals surface area contributed by atoms with Crippen molar-refractivity contribution < 1.29 is 4.79 Å². The third-order valence-corrected chi connectivity index (χ3v) is 4.16. The predicted molar refractivity (Wildman–Crippen MR) is 82.3 cm³/mol. The number of nitrogens with zero attached hydrogens (tertiary/aromatic N) is 2. The molecule has 0 bridgehead atoms. The molecule has 0 amide bonds. The molecular weight excluding hydrogens is 268 g/mol. The highest BCUT2D eigenvalue weighted by molar-refractivity contribution is 7.18. The number of hydrogen-bond donors (Lipinski definition) is 0. The molecule has 3 nitrogen and oxygen atoms in total. The van der Waals surface area contributed by atoms with E-state index >= 15 is 0 Å². The summed E-state index contributed by atoms with van der Waals surface area (Å²) in [5.74, 6) is 0.0703. The zero-order valence-corrected chi connectivity index (χ0v) is 12.4. The number of benzene rings is 1. The fourth-order valence-electron chi connectivity index (χ4n) is 2.19. The number of aryl methyl sites for hydroxylation is 2. The molecule has 0 radical (unpaired) electrons. The summed E-state index contributed by atoms with van der Waals surface area (Å²) in [6.45, 7) is 5.59. The van der Waals surface area contributed by atoms with E-state index in [0.717, 1.165) is 32.2 Å². The predicted octanol–water partition coefficient (Wildman–Crippen LogP) is 4.18. The number of hydrogen-bond acceptors (Lipinski definition) is 4. The smallest absolute Gasteiger partial charge is 0.159 e. The van der Waals surface area contributed by atoms with E-state index in [2.05, 4.69) is 9.97 Å². The van der Waals surface area contributed by atoms with Crippen LogP contribution in [-0.2, 0) is 0 Å². The lowest BCUT2D eigenvalue weighted by molar-refractivity contribution is 0.101. The summed E-state index contributed by atoms with van der Waals surface area (Å²) in [7, 11) is 0. The van der Waals surface area contributed by atoms with Gasteiger partial charge in [0.05, 0.1) is 10.7 Å². The van der Waals surface area contributed by atoms with Crippen LogP contribution in [-0.4, -0.2) is 15.8 Å². The first kappa shape index (κ1) is 12.9. The van der Waals surface area contributed by atoms with E-state index in [4.69, 9.17) is 0 Å². The molecule has 0 aliphatic heterocycles. The summed E-state index contributed by atoms with van der Waals surface area (Å²) in [6.07, 6.45) is 0. The van der Waals surface area contributed by atoms with E-state index < -0.39 is 0 Å². The second-order valence-corrected chi connectivity index (χ2v) is 6.02. The Bertz CT molecular complexity index is 820. The number of pyridine rings is 1. The summed E-state index contributed by atoms with van der Waals surface area (Å²) < 4.78 is 0. The minimum atomic E-state index is 0.0703. The molecule has 0 fully saturated rings. The first-order valence-electron chi connectivity index (χ1n) is 6.41. The van der Waals surface area contributed by atoms with Crippen LogP contribution >= 0.6 is 11.3 Å². The molecule has 0 aliphatic carbocycles. The van der Waals surface area contributed by atoms with E-state index in [0.29, 0.717) is 5.56 Å². The number of carbonyl (C=O) groups is 1. The fourth-order valence-corrected chi connectivity index (χ4v) is 2.98. The second kappa shape index (κ2) is 4.80. The molecule has 1 aromatic carbocycles. The number of ketones is 1. The zero-order chi connectivity index (χ0) is 14.3. The number of carbonyl (C=O) groups excluding carboxylic acids is 1. The van der Waals surface area contributed by atoms with Crippen molar-refractivity contribution in [3.63, 3.8) is 0 Å². The van der Waals surface area contributed by atoms with Gasteiger partial charge in [-0.25, -0.2) is 9.97 Å². The lowest BCUT2D eigenvalue weighted by Crippen LogP contribution is -1.95. The number of Topliss-reactive ketones (excluding diaryl/α,β-unsaturated/α-hetero) is 1. The summed E-state index contributed by atoms with van der Waals surface area (Å²) in [5, 5.41) is 1.01. The van der Waals surface area contributed by atoms with Crippen molar-refractivity contribution in [2.45, 2.75) is 20.8 Å². The van der Waals surface area contributed by atoms with Gasteiger partial charge in [0.25, 0.3) is 0 Å². The fraction of sp³-hybridized carbons (Fsp3) is 0.188. The van der Waals surface area contributed by atoms with Crippen molar-refractivity contribution in [3.8, 4) is 11.3 Å². The summed E-state index contributed by atoms with van der Waals surface area (Å²) in [5.41, 5.74) is 4.65. The molecule has 0 saturated carbocycles. The Morgan fingerprint density at radius 2 is 1.90 bits per heavy atom. The highest BCUT2D eigenvalue weighted by Crippen LogP contribution is 2.27. The molecule has 0 spiro atoms. The molecule has 100 valence electrons. The largest absolute Gasteiger partial charge is 0.295 e. The van der Waals surface area contributed by atoms with E-state index in [1.54, 1.807) is 18.3 Å². The molecular formula is C16H14N2OS. The molecule has 0 atom stereocenters. The molecule has 0 unspecified atom stereocenters. The van der Waals surface area contributed by atoms with Gasteiger partial charge in [-0.3, -0.25) is 4.79 Å². The average Bonchev–Trinajstić information content (AvgIpc) is 2.78. The van der Waals surface area contributed by atoms with Gasteiger partial charge in [0.1, 0.15) is 10.3 Å². The quantitative estimate of drug-likeness (QED) is 0.662. The number of rotatable bonds is 2. The summed E-state index contributed by atoms with van der Waals surface area (Å²) in [4.78, 5) is 21.6. The van der Waals surface area contributed by atoms with Crippen LogP contribution in [0.1, 0.15) is 27.9 Å². The van der Waals surface area contributed by atoms with Gasteiger partial charge >= 0.3 is 0 Å². The van der Waals surface area contributed by atoms with E-state index in [1.807, 2.05) is 44.2 Å². The first-order valence-corrected chi connectivity index (χ1v) is 7.22. The van der Waals surface area contributed by atoms with Crippen LogP contribution in [0, 0.1) is 13.8 Å². The number of fused-ring (bicyclic) bond motifs is 1. The minimum absolute atomic E-state index is 0.0703. The molecule has 3 rings (SSSR count). The first-order chi connectivity index (χ1) is 9.54. The van der Waals surface area contributed by atoms with Crippen LogP contribution in [0.4, 0.5) is 0 Å². The summed E-state index contributed by atoms with van der Waals surface area (Å²) in [6, 6.07) is 9.70. The zero-order valence-electron chi connectivity index (χ0n) is 11.6. The van der Waals surface area contributed by atoms with Crippen molar-refractivity contribution >= 4 is 27.5 Å². The van der Waals surface area contributed by atoms with Gasteiger partial charge < -0.3 is 0 Å². The van der Waals surface area contributed by atoms with Crippen molar-refractivity contribution in [2.24, 2.45) is 0 Å². The average molecular weight is 282 g/mol. The third-order valence-electron chi connectivity index (χ3n) is 3.28. The van der Waals surface area contributed by atoms with Crippen LogP contribution in [0.3, 0.4) is 0 Å². The molecule has 3 aromatic rings. The molecule has 0 N–H and O–H groups in total. The molecule has 2 aromatic heterocycles. The second-order valence-electron chi connectivity index (χ2n) is 4.84. The van der Waals surface area contributed by atoms with Crippen molar-refractivity contribution in [3.05, 3.63) is 46.5 Å². The SMILES string of the molecule is CC(=O)c1ccc(C)c(-c2ccc3nc(C)sc3n2)c1. The Morgan fingerprint density at radius 3 is 2.65 bits per heavy atom. The van der Waals surface area contributed by atoms with E-state index in [9.17, 15) is 4.79 Å². The summed E-state index contributed by atoms with van der Waals surface area (Å²) >= 11 is 1.59. The van der Waals surface area contributed by atoms with Gasteiger partial charge in [-0.05, 0) is 44.5 Å². The monoisotopic (exact) mass is 282 g/mol. The van der Waals surface area contributed by atoms with Crippen LogP contribution in [0.15, 0.2) is 30.3 Å². The van der Waals surface area contributed by atoms with Crippen molar-refractivity contribution in [1.29, 1.82) is 0 Å². The molecule has 0 saturated heterocycles. The van der Waals surface area contributed by atoms with Gasteiger partial charge in [-0.1, -0.05) is 23.5 Å². The highest BCUT2D eigenvalue weighted by Gasteiger charge is 2.09.